The van der Waals surface area contributed by atoms with E-state index in [1.807, 2.05) is 29.2 Å². The first-order valence-electron chi connectivity index (χ1n) is 6.81. The molecule has 2 aliphatic rings. The van der Waals surface area contributed by atoms with Gasteiger partial charge in [0.15, 0.2) is 0 Å². The van der Waals surface area contributed by atoms with Gasteiger partial charge in [0.25, 0.3) is 0 Å². The molecule has 1 aromatic rings. The summed E-state index contributed by atoms with van der Waals surface area (Å²) in [6.45, 7) is 1.89. The van der Waals surface area contributed by atoms with Crippen LogP contribution in [-0.4, -0.2) is 48.0 Å². The van der Waals surface area contributed by atoms with Gasteiger partial charge in [-0.15, -0.1) is 0 Å². The van der Waals surface area contributed by atoms with Crippen LogP contribution in [0.2, 0.25) is 0 Å². The average Bonchev–Trinajstić information content (AvgIpc) is 2.95. The van der Waals surface area contributed by atoms with E-state index in [0.29, 0.717) is 19.6 Å². The highest BCUT2D eigenvalue weighted by Crippen LogP contribution is 2.27. The third-order valence-electron chi connectivity index (χ3n) is 3.97. The lowest BCUT2D eigenvalue weighted by atomic mass is 10.1. The summed E-state index contributed by atoms with van der Waals surface area (Å²) in [5, 5.41) is 5.54. The summed E-state index contributed by atoms with van der Waals surface area (Å²) in [5.74, 6) is 0. The first-order chi connectivity index (χ1) is 9.69. The van der Waals surface area contributed by atoms with Gasteiger partial charge in [-0.2, -0.15) is 0 Å². The van der Waals surface area contributed by atoms with Crippen LogP contribution >= 0.6 is 0 Å². The number of amides is 4. The molecule has 6 heteroatoms. The highest BCUT2D eigenvalue weighted by Gasteiger charge is 2.34. The van der Waals surface area contributed by atoms with Gasteiger partial charge < -0.3 is 20.4 Å². The molecule has 1 saturated heterocycles. The molecule has 0 bridgehead atoms. The summed E-state index contributed by atoms with van der Waals surface area (Å²) < 4.78 is 0. The van der Waals surface area contributed by atoms with Crippen LogP contribution in [0.15, 0.2) is 24.3 Å². The van der Waals surface area contributed by atoms with Crippen molar-refractivity contribution in [2.45, 2.75) is 19.0 Å². The third kappa shape index (κ3) is 2.17. The maximum absolute atomic E-state index is 12.2. The molecule has 2 aliphatic heterocycles. The molecule has 106 valence electrons. The van der Waals surface area contributed by atoms with E-state index in [0.717, 1.165) is 17.7 Å². The van der Waals surface area contributed by atoms with Crippen molar-refractivity contribution in [3.63, 3.8) is 0 Å². The number of nitrogens with zero attached hydrogens (tertiary/aromatic N) is 2. The number of benzene rings is 1. The molecule has 1 aromatic carbocycles. The second-order valence-corrected chi connectivity index (χ2v) is 5.16. The normalized spacial score (nSPS) is 21.4. The molecule has 20 heavy (non-hydrogen) atoms. The number of hydrogen-bond donors (Lipinski definition) is 2. The van der Waals surface area contributed by atoms with Gasteiger partial charge in [-0.3, -0.25) is 0 Å². The number of nitrogens with one attached hydrogen (secondary N) is 2. The third-order valence-corrected chi connectivity index (χ3v) is 3.97. The van der Waals surface area contributed by atoms with E-state index in [2.05, 4.69) is 10.6 Å². The van der Waals surface area contributed by atoms with Crippen molar-refractivity contribution in [1.82, 2.24) is 15.1 Å². The minimum Gasteiger partial charge on any atom is -0.341 e. The predicted octanol–water partition coefficient (Wildman–Crippen LogP) is 1.45. The summed E-state index contributed by atoms with van der Waals surface area (Å²) in [5.41, 5.74) is 2.00. The fourth-order valence-corrected chi connectivity index (χ4v) is 2.86. The Bertz CT molecular complexity index is 546. The van der Waals surface area contributed by atoms with Gasteiger partial charge in [0.05, 0.1) is 6.04 Å². The first kappa shape index (κ1) is 12.8. The molecule has 0 aromatic heterocycles. The number of para-hydroxylation sites is 1. The van der Waals surface area contributed by atoms with E-state index in [9.17, 15) is 9.59 Å². The second-order valence-electron chi connectivity index (χ2n) is 5.16. The predicted molar refractivity (Wildman–Crippen MR) is 75.4 cm³/mol. The lowest BCUT2D eigenvalue weighted by Gasteiger charge is -2.33. The van der Waals surface area contributed by atoms with Crippen molar-refractivity contribution in [1.29, 1.82) is 0 Å². The maximum atomic E-state index is 12.2. The number of rotatable bonds is 1. The highest BCUT2D eigenvalue weighted by atomic mass is 16.2. The largest absolute Gasteiger partial charge is 0.341 e. The second kappa shape index (κ2) is 5.03. The van der Waals surface area contributed by atoms with E-state index in [-0.39, 0.29) is 18.1 Å². The van der Waals surface area contributed by atoms with Crippen LogP contribution in [0.1, 0.15) is 12.0 Å². The zero-order valence-electron chi connectivity index (χ0n) is 11.4. The Morgan fingerprint density at radius 1 is 1.40 bits per heavy atom. The number of urea groups is 2. The molecule has 0 saturated carbocycles. The lowest BCUT2D eigenvalue weighted by molar-refractivity contribution is 0.177. The van der Waals surface area contributed by atoms with Crippen molar-refractivity contribution >= 4 is 17.7 Å². The molecule has 3 rings (SSSR count). The Kier molecular flexibility index (Phi) is 3.22. The van der Waals surface area contributed by atoms with Crippen LogP contribution in [-0.2, 0) is 6.54 Å². The Balaban J connectivity index is 1.73. The number of anilines is 1. The summed E-state index contributed by atoms with van der Waals surface area (Å²) in [6.07, 6.45) is 0.822. The molecule has 4 amide bonds. The quantitative estimate of drug-likeness (QED) is 0.814. The van der Waals surface area contributed by atoms with E-state index in [4.69, 9.17) is 0 Å². The van der Waals surface area contributed by atoms with Crippen LogP contribution in [0.4, 0.5) is 15.3 Å². The Labute approximate surface area is 117 Å². The summed E-state index contributed by atoms with van der Waals surface area (Å²) in [6, 6.07) is 7.75. The average molecular weight is 274 g/mol. The fourth-order valence-electron chi connectivity index (χ4n) is 2.86. The Morgan fingerprint density at radius 2 is 2.20 bits per heavy atom. The van der Waals surface area contributed by atoms with Crippen LogP contribution < -0.4 is 10.6 Å². The molecule has 1 atom stereocenters. The van der Waals surface area contributed by atoms with Crippen molar-refractivity contribution in [2.24, 2.45) is 0 Å². The van der Waals surface area contributed by atoms with Gasteiger partial charge in [0, 0.05) is 32.4 Å². The summed E-state index contributed by atoms with van der Waals surface area (Å²) in [4.78, 5) is 27.4. The van der Waals surface area contributed by atoms with Crippen molar-refractivity contribution in [2.75, 3.05) is 25.5 Å². The van der Waals surface area contributed by atoms with E-state index in [1.54, 1.807) is 11.9 Å². The number of likely N-dealkylation sites (tertiary alicyclic amines) is 1. The minimum absolute atomic E-state index is 0.0764. The molecular weight excluding hydrogens is 256 g/mol. The van der Waals surface area contributed by atoms with Crippen LogP contribution in [0.5, 0.6) is 0 Å². The zero-order valence-corrected chi connectivity index (χ0v) is 11.4. The number of carbonyl (C=O) groups excluding carboxylic acids is 2. The van der Waals surface area contributed by atoms with Crippen molar-refractivity contribution in [3.05, 3.63) is 29.8 Å². The minimum atomic E-state index is -0.0784. The van der Waals surface area contributed by atoms with Gasteiger partial charge in [-0.25, -0.2) is 9.59 Å². The van der Waals surface area contributed by atoms with E-state index >= 15 is 0 Å². The molecule has 0 radical (unpaired) electrons. The molecular formula is C14H18N4O2. The van der Waals surface area contributed by atoms with Gasteiger partial charge >= 0.3 is 12.1 Å². The topological polar surface area (TPSA) is 64.7 Å². The standard InChI is InChI=1S/C14H18N4O2/c1-15-13(19)17-7-6-11(9-17)18-8-10-4-2-3-5-12(10)16-14(18)20/h2-5,11H,6-9H2,1H3,(H,15,19)(H,16,20). The smallest absolute Gasteiger partial charge is 0.322 e. The van der Waals surface area contributed by atoms with Gasteiger partial charge in [-0.05, 0) is 18.1 Å². The molecule has 2 heterocycles. The van der Waals surface area contributed by atoms with E-state index in [1.165, 1.54) is 0 Å². The maximum Gasteiger partial charge on any atom is 0.322 e. The van der Waals surface area contributed by atoms with E-state index < -0.39 is 0 Å². The molecule has 0 aliphatic carbocycles. The molecule has 0 spiro atoms. The monoisotopic (exact) mass is 274 g/mol. The molecule has 2 N–H and O–H groups in total. The van der Waals surface area contributed by atoms with Crippen LogP contribution in [0.3, 0.4) is 0 Å². The summed E-state index contributed by atoms with van der Waals surface area (Å²) >= 11 is 0. The van der Waals surface area contributed by atoms with Gasteiger partial charge in [0.1, 0.15) is 0 Å². The number of carbonyl (C=O) groups is 2. The fraction of sp³-hybridized carbons (Fsp3) is 0.429. The van der Waals surface area contributed by atoms with Crippen molar-refractivity contribution in [3.8, 4) is 0 Å². The Hall–Kier alpha value is -2.24. The molecule has 6 nitrogen and oxygen atoms in total. The van der Waals surface area contributed by atoms with Gasteiger partial charge in [-0.1, -0.05) is 18.2 Å². The summed E-state index contributed by atoms with van der Waals surface area (Å²) in [7, 11) is 1.62. The molecule has 1 fully saturated rings. The SMILES string of the molecule is CNC(=O)N1CCC(N2Cc3ccccc3NC2=O)C1. The van der Waals surface area contributed by atoms with Gasteiger partial charge in [0.2, 0.25) is 0 Å². The number of fused-ring (bicyclic) bond motifs is 1. The lowest BCUT2D eigenvalue weighted by Crippen LogP contribution is -2.47. The van der Waals surface area contributed by atoms with Crippen LogP contribution in [0, 0.1) is 0 Å². The Morgan fingerprint density at radius 3 is 3.00 bits per heavy atom. The molecule has 1 unspecified atom stereocenters. The van der Waals surface area contributed by atoms with Crippen molar-refractivity contribution < 1.29 is 9.59 Å². The highest BCUT2D eigenvalue weighted by molar-refractivity contribution is 5.92. The van der Waals surface area contributed by atoms with Crippen LogP contribution in [0.25, 0.3) is 0 Å². The number of hydrogen-bond acceptors (Lipinski definition) is 2. The first-order valence-corrected chi connectivity index (χ1v) is 6.81. The zero-order chi connectivity index (χ0) is 14.1.